The molecular weight excluding hydrogens is 206 g/mol. The molecule has 0 bridgehead atoms. The molecule has 0 radical (unpaired) electrons. The van der Waals surface area contributed by atoms with Crippen LogP contribution in [-0.4, -0.2) is 38.4 Å². The average molecular weight is 227 g/mol. The van der Waals surface area contributed by atoms with Crippen molar-refractivity contribution in [1.29, 1.82) is 0 Å². The smallest absolute Gasteiger partial charge is 0.325 e. The van der Waals surface area contributed by atoms with E-state index in [1.807, 2.05) is 0 Å². The number of ether oxygens (including phenoxy) is 2. The number of esters is 1. The van der Waals surface area contributed by atoms with Crippen LogP contribution in [0, 0.1) is 5.92 Å². The molecule has 0 aromatic heterocycles. The van der Waals surface area contributed by atoms with Crippen molar-refractivity contribution in [2.45, 2.75) is 38.1 Å². The molecule has 1 saturated heterocycles. The lowest BCUT2D eigenvalue weighted by Gasteiger charge is -2.25. The number of hydrogen-bond acceptors (Lipinski definition) is 4. The van der Waals surface area contributed by atoms with Crippen molar-refractivity contribution in [3.63, 3.8) is 0 Å². The summed E-state index contributed by atoms with van der Waals surface area (Å²) in [5, 5.41) is 3.11. The maximum absolute atomic E-state index is 11.7. The molecule has 92 valence electrons. The topological polar surface area (TPSA) is 47.6 Å². The molecule has 1 aliphatic heterocycles. The van der Waals surface area contributed by atoms with Gasteiger partial charge >= 0.3 is 5.97 Å². The first-order valence-electron chi connectivity index (χ1n) is 6.34. The predicted molar refractivity (Wildman–Crippen MR) is 60.1 cm³/mol. The SMILES string of the molecule is O=C(OCC1CCCCC1)C1COCCN1. The van der Waals surface area contributed by atoms with Gasteiger partial charge in [0, 0.05) is 6.54 Å². The Bertz CT molecular complexity index is 220. The lowest BCUT2D eigenvalue weighted by atomic mass is 9.90. The van der Waals surface area contributed by atoms with Gasteiger partial charge in [0.1, 0.15) is 6.04 Å². The highest BCUT2D eigenvalue weighted by Crippen LogP contribution is 2.23. The minimum atomic E-state index is -0.252. The van der Waals surface area contributed by atoms with E-state index in [0.29, 0.717) is 25.7 Å². The van der Waals surface area contributed by atoms with Crippen LogP contribution in [0.2, 0.25) is 0 Å². The van der Waals surface area contributed by atoms with Gasteiger partial charge in [-0.25, -0.2) is 0 Å². The largest absolute Gasteiger partial charge is 0.464 e. The minimum absolute atomic E-state index is 0.148. The fourth-order valence-corrected chi connectivity index (χ4v) is 2.37. The van der Waals surface area contributed by atoms with Gasteiger partial charge in [-0.15, -0.1) is 0 Å². The summed E-state index contributed by atoms with van der Waals surface area (Å²) in [5.74, 6) is 0.437. The number of hydrogen-bond donors (Lipinski definition) is 1. The molecule has 2 aliphatic rings. The van der Waals surface area contributed by atoms with Crippen LogP contribution < -0.4 is 5.32 Å². The van der Waals surface area contributed by atoms with Gasteiger partial charge in [0.05, 0.1) is 19.8 Å². The van der Waals surface area contributed by atoms with Crippen molar-refractivity contribution < 1.29 is 14.3 Å². The van der Waals surface area contributed by atoms with Crippen molar-refractivity contribution in [2.75, 3.05) is 26.4 Å². The lowest BCUT2D eigenvalue weighted by Crippen LogP contribution is -2.47. The zero-order valence-electron chi connectivity index (χ0n) is 9.74. The van der Waals surface area contributed by atoms with Crippen molar-refractivity contribution in [1.82, 2.24) is 5.32 Å². The van der Waals surface area contributed by atoms with Crippen LogP contribution in [-0.2, 0) is 14.3 Å². The van der Waals surface area contributed by atoms with E-state index in [2.05, 4.69) is 5.32 Å². The third kappa shape index (κ3) is 3.46. The summed E-state index contributed by atoms with van der Waals surface area (Å²) in [6, 6.07) is -0.252. The summed E-state index contributed by atoms with van der Waals surface area (Å²) in [5.41, 5.74) is 0. The fourth-order valence-electron chi connectivity index (χ4n) is 2.37. The molecule has 2 fully saturated rings. The Labute approximate surface area is 96.7 Å². The van der Waals surface area contributed by atoms with Crippen molar-refractivity contribution >= 4 is 5.97 Å². The zero-order chi connectivity index (χ0) is 11.2. The molecule has 1 saturated carbocycles. The normalized spacial score (nSPS) is 27.6. The molecule has 1 unspecified atom stereocenters. The number of carbonyl (C=O) groups is 1. The molecule has 1 N–H and O–H groups in total. The second kappa shape index (κ2) is 6.21. The summed E-state index contributed by atoms with van der Waals surface area (Å²) < 4.78 is 10.6. The van der Waals surface area contributed by atoms with E-state index in [1.165, 1.54) is 32.1 Å². The molecule has 1 atom stereocenters. The van der Waals surface area contributed by atoms with Gasteiger partial charge in [-0.2, -0.15) is 0 Å². The summed E-state index contributed by atoms with van der Waals surface area (Å²) in [4.78, 5) is 11.7. The van der Waals surface area contributed by atoms with Gasteiger partial charge in [-0.05, 0) is 18.8 Å². The van der Waals surface area contributed by atoms with Gasteiger partial charge in [0.25, 0.3) is 0 Å². The number of nitrogens with one attached hydrogen (secondary N) is 1. The summed E-state index contributed by atoms with van der Waals surface area (Å²) in [6.45, 7) is 2.47. The lowest BCUT2D eigenvalue weighted by molar-refractivity contribution is -0.150. The maximum atomic E-state index is 11.7. The molecule has 1 aliphatic carbocycles. The standard InChI is InChI=1S/C12H21NO3/c14-12(11-9-15-7-6-13-11)16-8-10-4-2-1-3-5-10/h10-11,13H,1-9H2. The molecule has 1 heterocycles. The highest BCUT2D eigenvalue weighted by Gasteiger charge is 2.24. The van der Waals surface area contributed by atoms with Crippen molar-refractivity contribution in [3.05, 3.63) is 0 Å². The van der Waals surface area contributed by atoms with Gasteiger partial charge in [-0.3, -0.25) is 4.79 Å². The number of rotatable bonds is 3. The first-order valence-corrected chi connectivity index (χ1v) is 6.34. The molecule has 0 aromatic rings. The van der Waals surface area contributed by atoms with Gasteiger partial charge in [0.2, 0.25) is 0 Å². The third-order valence-corrected chi connectivity index (χ3v) is 3.39. The van der Waals surface area contributed by atoms with Crippen LogP contribution in [0.5, 0.6) is 0 Å². The first kappa shape index (κ1) is 11.9. The second-order valence-corrected chi connectivity index (χ2v) is 4.72. The van der Waals surface area contributed by atoms with Crippen molar-refractivity contribution in [3.8, 4) is 0 Å². The van der Waals surface area contributed by atoms with Crippen LogP contribution in [0.25, 0.3) is 0 Å². The molecule has 4 nitrogen and oxygen atoms in total. The Morgan fingerprint density at radius 3 is 2.81 bits per heavy atom. The van der Waals surface area contributed by atoms with Gasteiger partial charge in [-0.1, -0.05) is 19.3 Å². The summed E-state index contributed by atoms with van der Waals surface area (Å²) in [6.07, 6.45) is 6.33. The van der Waals surface area contributed by atoms with E-state index in [9.17, 15) is 4.79 Å². The monoisotopic (exact) mass is 227 g/mol. The quantitative estimate of drug-likeness (QED) is 0.733. The van der Waals surface area contributed by atoms with Crippen LogP contribution in [0.4, 0.5) is 0 Å². The first-order chi connectivity index (χ1) is 7.86. The van der Waals surface area contributed by atoms with E-state index in [4.69, 9.17) is 9.47 Å². The second-order valence-electron chi connectivity index (χ2n) is 4.72. The average Bonchev–Trinajstić information content (AvgIpc) is 2.38. The molecule has 2 rings (SSSR count). The van der Waals surface area contributed by atoms with Crippen molar-refractivity contribution in [2.24, 2.45) is 5.92 Å². The maximum Gasteiger partial charge on any atom is 0.325 e. The Balaban J connectivity index is 1.65. The zero-order valence-corrected chi connectivity index (χ0v) is 9.74. The van der Waals surface area contributed by atoms with Crippen LogP contribution in [0.1, 0.15) is 32.1 Å². The van der Waals surface area contributed by atoms with Crippen LogP contribution in [0.15, 0.2) is 0 Å². The molecular formula is C12H21NO3. The third-order valence-electron chi connectivity index (χ3n) is 3.39. The van der Waals surface area contributed by atoms with Gasteiger partial charge < -0.3 is 14.8 Å². The highest BCUT2D eigenvalue weighted by atomic mass is 16.5. The van der Waals surface area contributed by atoms with E-state index in [-0.39, 0.29) is 12.0 Å². The number of morpholine rings is 1. The Kier molecular flexibility index (Phi) is 4.60. The number of carbonyl (C=O) groups excluding carboxylic acids is 1. The highest BCUT2D eigenvalue weighted by molar-refractivity contribution is 5.76. The molecule has 0 amide bonds. The molecule has 16 heavy (non-hydrogen) atoms. The van der Waals surface area contributed by atoms with Crippen LogP contribution in [0.3, 0.4) is 0 Å². The summed E-state index contributed by atoms with van der Waals surface area (Å²) in [7, 11) is 0. The van der Waals surface area contributed by atoms with E-state index in [1.54, 1.807) is 0 Å². The Morgan fingerprint density at radius 2 is 2.12 bits per heavy atom. The Morgan fingerprint density at radius 1 is 1.31 bits per heavy atom. The van der Waals surface area contributed by atoms with E-state index >= 15 is 0 Å². The summed E-state index contributed by atoms with van der Waals surface area (Å²) >= 11 is 0. The van der Waals surface area contributed by atoms with Gasteiger partial charge in [0.15, 0.2) is 0 Å². The van der Waals surface area contributed by atoms with Crippen LogP contribution >= 0.6 is 0 Å². The van der Waals surface area contributed by atoms with E-state index < -0.39 is 0 Å². The molecule has 0 aromatic carbocycles. The fraction of sp³-hybridized carbons (Fsp3) is 0.917. The molecule has 0 spiro atoms. The predicted octanol–water partition coefficient (Wildman–Crippen LogP) is 1.10. The van der Waals surface area contributed by atoms with E-state index in [0.717, 1.165) is 6.54 Å². The minimum Gasteiger partial charge on any atom is -0.464 e. The Hall–Kier alpha value is -0.610. The molecule has 4 heteroatoms.